The van der Waals surface area contributed by atoms with E-state index in [0.717, 1.165) is 24.1 Å². The number of rotatable bonds is 4. The summed E-state index contributed by atoms with van der Waals surface area (Å²) in [6, 6.07) is 4.52. The fraction of sp³-hybridized carbons (Fsp3) is 0.667. The molecule has 1 aromatic heterocycles. The second kappa shape index (κ2) is 6.01. The van der Waals surface area contributed by atoms with Crippen LogP contribution in [0.2, 0.25) is 4.34 Å². The number of hydrogen-bond donors (Lipinski definition) is 1. The van der Waals surface area contributed by atoms with Crippen molar-refractivity contribution < 1.29 is 4.74 Å². The van der Waals surface area contributed by atoms with Crippen LogP contribution in [-0.2, 0) is 4.74 Å². The molecule has 0 bridgehead atoms. The molecule has 90 valence electrons. The Morgan fingerprint density at radius 1 is 1.62 bits per heavy atom. The Kier molecular flexibility index (Phi) is 4.65. The van der Waals surface area contributed by atoms with E-state index in [0.29, 0.717) is 12.0 Å². The van der Waals surface area contributed by atoms with Crippen LogP contribution in [0.25, 0.3) is 0 Å². The summed E-state index contributed by atoms with van der Waals surface area (Å²) < 4.78 is 6.44. The fourth-order valence-electron chi connectivity index (χ4n) is 2.24. The van der Waals surface area contributed by atoms with E-state index in [1.165, 1.54) is 17.7 Å². The average molecular weight is 260 g/mol. The van der Waals surface area contributed by atoms with Crippen molar-refractivity contribution in [2.45, 2.75) is 25.8 Å². The van der Waals surface area contributed by atoms with Crippen LogP contribution in [0, 0.1) is 5.92 Å². The monoisotopic (exact) mass is 259 g/mol. The van der Waals surface area contributed by atoms with Crippen molar-refractivity contribution in [2.75, 3.05) is 19.8 Å². The molecule has 16 heavy (non-hydrogen) atoms. The maximum absolute atomic E-state index is 6.00. The van der Waals surface area contributed by atoms with Gasteiger partial charge in [-0.3, -0.25) is 0 Å². The minimum Gasteiger partial charge on any atom is -0.381 e. The number of ether oxygens (including phenoxy) is 1. The van der Waals surface area contributed by atoms with Gasteiger partial charge in [-0.05, 0) is 31.5 Å². The van der Waals surface area contributed by atoms with Crippen molar-refractivity contribution in [3.63, 3.8) is 0 Å². The normalized spacial score (nSPS) is 23.2. The Labute approximate surface area is 106 Å². The van der Waals surface area contributed by atoms with Gasteiger partial charge in [0.2, 0.25) is 0 Å². The van der Waals surface area contributed by atoms with Gasteiger partial charge in [0, 0.05) is 23.4 Å². The average Bonchev–Trinajstić information content (AvgIpc) is 2.74. The van der Waals surface area contributed by atoms with Gasteiger partial charge in [-0.1, -0.05) is 18.5 Å². The number of halogens is 1. The van der Waals surface area contributed by atoms with Crippen LogP contribution in [0.5, 0.6) is 0 Å². The summed E-state index contributed by atoms with van der Waals surface area (Å²) in [7, 11) is 0. The maximum atomic E-state index is 6.00. The van der Waals surface area contributed by atoms with Gasteiger partial charge < -0.3 is 10.1 Å². The molecule has 0 amide bonds. The van der Waals surface area contributed by atoms with E-state index >= 15 is 0 Å². The summed E-state index contributed by atoms with van der Waals surface area (Å²) in [5.74, 6) is 0.586. The molecule has 1 aliphatic rings. The Hall–Kier alpha value is -0.0900. The van der Waals surface area contributed by atoms with Gasteiger partial charge in [0.1, 0.15) is 0 Å². The maximum Gasteiger partial charge on any atom is 0.0931 e. The molecule has 0 aliphatic carbocycles. The van der Waals surface area contributed by atoms with E-state index in [2.05, 4.69) is 18.3 Å². The Balaban J connectivity index is 2.09. The van der Waals surface area contributed by atoms with E-state index in [4.69, 9.17) is 16.3 Å². The van der Waals surface area contributed by atoms with Gasteiger partial charge in [0.05, 0.1) is 10.9 Å². The molecule has 0 aromatic carbocycles. The van der Waals surface area contributed by atoms with Crippen molar-refractivity contribution in [1.29, 1.82) is 0 Å². The lowest BCUT2D eigenvalue weighted by Crippen LogP contribution is -2.32. The highest BCUT2D eigenvalue weighted by atomic mass is 35.5. The molecule has 1 aliphatic heterocycles. The molecule has 2 unspecified atom stereocenters. The topological polar surface area (TPSA) is 21.3 Å². The molecular weight excluding hydrogens is 242 g/mol. The SMILES string of the molecule is CCNC(c1ccc(Cl)s1)C1CCCOC1. The summed E-state index contributed by atoms with van der Waals surface area (Å²) in [5, 5.41) is 3.55. The van der Waals surface area contributed by atoms with Gasteiger partial charge in [-0.25, -0.2) is 0 Å². The lowest BCUT2D eigenvalue weighted by Gasteiger charge is -2.30. The third-order valence-corrected chi connectivity index (χ3v) is 4.31. The molecule has 2 nitrogen and oxygen atoms in total. The first-order valence-electron chi connectivity index (χ1n) is 5.87. The molecule has 1 aromatic rings. The van der Waals surface area contributed by atoms with E-state index < -0.39 is 0 Å². The van der Waals surface area contributed by atoms with Crippen LogP contribution >= 0.6 is 22.9 Å². The smallest absolute Gasteiger partial charge is 0.0931 e. The predicted octanol–water partition coefficient (Wildman–Crippen LogP) is 3.48. The van der Waals surface area contributed by atoms with Crippen molar-refractivity contribution in [3.8, 4) is 0 Å². The Morgan fingerprint density at radius 3 is 3.06 bits per heavy atom. The zero-order chi connectivity index (χ0) is 11.4. The zero-order valence-corrected chi connectivity index (χ0v) is 11.1. The van der Waals surface area contributed by atoms with Gasteiger partial charge in [-0.2, -0.15) is 0 Å². The van der Waals surface area contributed by atoms with E-state index in [-0.39, 0.29) is 0 Å². The van der Waals surface area contributed by atoms with Crippen LogP contribution in [0.15, 0.2) is 12.1 Å². The van der Waals surface area contributed by atoms with E-state index in [1.54, 1.807) is 11.3 Å². The molecule has 1 fully saturated rings. The fourth-order valence-corrected chi connectivity index (χ4v) is 3.47. The molecule has 4 heteroatoms. The summed E-state index contributed by atoms with van der Waals surface area (Å²) >= 11 is 7.68. The largest absolute Gasteiger partial charge is 0.381 e. The first-order valence-corrected chi connectivity index (χ1v) is 7.07. The molecule has 0 radical (unpaired) electrons. The van der Waals surface area contributed by atoms with Crippen molar-refractivity contribution in [1.82, 2.24) is 5.32 Å². The van der Waals surface area contributed by atoms with Gasteiger partial charge in [-0.15, -0.1) is 11.3 Å². The Morgan fingerprint density at radius 2 is 2.50 bits per heavy atom. The first-order chi connectivity index (χ1) is 7.81. The molecule has 0 spiro atoms. The highest BCUT2D eigenvalue weighted by Gasteiger charge is 2.25. The number of thiophene rings is 1. The summed E-state index contributed by atoms with van der Waals surface area (Å²) in [5.41, 5.74) is 0. The van der Waals surface area contributed by atoms with Crippen LogP contribution in [0.4, 0.5) is 0 Å². The van der Waals surface area contributed by atoms with Crippen LogP contribution in [-0.4, -0.2) is 19.8 Å². The van der Waals surface area contributed by atoms with Crippen molar-refractivity contribution in [3.05, 3.63) is 21.3 Å². The van der Waals surface area contributed by atoms with Crippen molar-refractivity contribution >= 4 is 22.9 Å². The number of hydrogen-bond acceptors (Lipinski definition) is 3. The third kappa shape index (κ3) is 2.98. The molecule has 2 rings (SSSR count). The zero-order valence-electron chi connectivity index (χ0n) is 9.54. The molecular formula is C12H18ClNOS. The van der Waals surface area contributed by atoms with Crippen LogP contribution in [0.3, 0.4) is 0 Å². The quantitative estimate of drug-likeness (QED) is 0.894. The summed E-state index contributed by atoms with van der Waals surface area (Å²) in [6.45, 7) is 4.91. The lowest BCUT2D eigenvalue weighted by atomic mass is 9.92. The molecule has 2 heterocycles. The molecule has 1 N–H and O–H groups in total. The standard InChI is InChI=1S/C12H18ClNOS/c1-2-14-12(9-4-3-7-15-8-9)10-5-6-11(13)16-10/h5-6,9,12,14H,2-4,7-8H2,1H3. The minimum atomic E-state index is 0.405. The third-order valence-electron chi connectivity index (χ3n) is 2.99. The van der Waals surface area contributed by atoms with E-state index in [1.807, 2.05) is 6.07 Å². The lowest BCUT2D eigenvalue weighted by molar-refractivity contribution is 0.0398. The van der Waals surface area contributed by atoms with Crippen molar-refractivity contribution in [2.24, 2.45) is 5.92 Å². The highest BCUT2D eigenvalue weighted by molar-refractivity contribution is 7.16. The Bertz CT molecular complexity index is 323. The molecule has 1 saturated heterocycles. The second-order valence-corrected chi connectivity index (χ2v) is 5.90. The summed E-state index contributed by atoms with van der Waals surface area (Å²) in [4.78, 5) is 1.34. The molecule has 0 saturated carbocycles. The summed E-state index contributed by atoms with van der Waals surface area (Å²) in [6.07, 6.45) is 2.42. The van der Waals surface area contributed by atoms with Crippen LogP contribution < -0.4 is 5.32 Å². The molecule has 2 atom stereocenters. The van der Waals surface area contributed by atoms with Gasteiger partial charge in [0.25, 0.3) is 0 Å². The van der Waals surface area contributed by atoms with Gasteiger partial charge >= 0.3 is 0 Å². The number of nitrogens with one attached hydrogen (secondary N) is 1. The van der Waals surface area contributed by atoms with Gasteiger partial charge in [0.15, 0.2) is 0 Å². The highest BCUT2D eigenvalue weighted by Crippen LogP contribution is 2.34. The second-order valence-electron chi connectivity index (χ2n) is 4.15. The van der Waals surface area contributed by atoms with E-state index in [9.17, 15) is 0 Å². The van der Waals surface area contributed by atoms with Crippen LogP contribution in [0.1, 0.15) is 30.7 Å². The predicted molar refractivity (Wildman–Crippen MR) is 69.3 cm³/mol. The minimum absolute atomic E-state index is 0.405. The first kappa shape index (κ1) is 12.4.